The molecular formula is C16H19NS. The molecular weight excluding hydrogens is 238 g/mol. The van der Waals surface area contributed by atoms with E-state index in [1.807, 2.05) is 24.0 Å². The number of aryl methyl sites for hydroxylation is 3. The summed E-state index contributed by atoms with van der Waals surface area (Å²) in [5.74, 6) is 2.23. The van der Waals surface area contributed by atoms with E-state index in [0.29, 0.717) is 0 Å². The maximum absolute atomic E-state index is 4.34. The second kappa shape index (κ2) is 6.60. The summed E-state index contributed by atoms with van der Waals surface area (Å²) in [5, 5.41) is 0. The fraction of sp³-hybridized carbons (Fsp3) is 0.312. The predicted molar refractivity (Wildman–Crippen MR) is 80.0 cm³/mol. The molecule has 0 N–H and O–H groups in total. The highest BCUT2D eigenvalue weighted by molar-refractivity contribution is 7.98. The van der Waals surface area contributed by atoms with E-state index in [-0.39, 0.29) is 0 Å². The highest BCUT2D eigenvalue weighted by atomic mass is 32.2. The lowest BCUT2D eigenvalue weighted by atomic mass is 10.1. The minimum Gasteiger partial charge on any atom is -0.261 e. The van der Waals surface area contributed by atoms with Crippen LogP contribution in [0.5, 0.6) is 0 Å². The molecule has 0 saturated carbocycles. The van der Waals surface area contributed by atoms with Gasteiger partial charge in [-0.25, -0.2) is 0 Å². The van der Waals surface area contributed by atoms with Gasteiger partial charge in [-0.05, 0) is 49.3 Å². The molecule has 2 heteroatoms. The third-order valence-corrected chi connectivity index (χ3v) is 4.00. The summed E-state index contributed by atoms with van der Waals surface area (Å²) >= 11 is 1.98. The van der Waals surface area contributed by atoms with Crippen molar-refractivity contribution in [1.82, 2.24) is 4.98 Å². The van der Waals surface area contributed by atoms with Gasteiger partial charge in [0.25, 0.3) is 0 Å². The van der Waals surface area contributed by atoms with Gasteiger partial charge < -0.3 is 0 Å². The molecule has 0 radical (unpaired) electrons. The van der Waals surface area contributed by atoms with E-state index in [0.717, 1.165) is 17.9 Å². The van der Waals surface area contributed by atoms with Gasteiger partial charge in [0.05, 0.1) is 0 Å². The van der Waals surface area contributed by atoms with Crippen molar-refractivity contribution >= 4 is 11.8 Å². The number of aromatic nitrogens is 1. The van der Waals surface area contributed by atoms with E-state index < -0.39 is 0 Å². The second-order valence-electron chi connectivity index (χ2n) is 4.55. The van der Waals surface area contributed by atoms with Crippen molar-refractivity contribution in [2.75, 3.05) is 5.75 Å². The van der Waals surface area contributed by atoms with E-state index in [9.17, 15) is 0 Å². The van der Waals surface area contributed by atoms with Gasteiger partial charge in [-0.3, -0.25) is 4.98 Å². The Bertz CT molecular complexity index is 494. The first kappa shape index (κ1) is 13.2. The summed E-state index contributed by atoms with van der Waals surface area (Å²) in [6.07, 6.45) is 2.92. The van der Waals surface area contributed by atoms with Crippen molar-refractivity contribution in [3.63, 3.8) is 0 Å². The van der Waals surface area contributed by atoms with Crippen LogP contribution in [-0.2, 0) is 12.2 Å². The number of thioether (sulfide) groups is 1. The zero-order valence-corrected chi connectivity index (χ0v) is 11.8. The Morgan fingerprint density at radius 3 is 2.78 bits per heavy atom. The van der Waals surface area contributed by atoms with Gasteiger partial charge in [-0.2, -0.15) is 11.8 Å². The molecule has 0 unspecified atom stereocenters. The summed E-state index contributed by atoms with van der Waals surface area (Å²) < 4.78 is 0. The monoisotopic (exact) mass is 257 g/mol. The van der Waals surface area contributed by atoms with Crippen LogP contribution in [0.1, 0.15) is 22.4 Å². The van der Waals surface area contributed by atoms with Crippen LogP contribution >= 0.6 is 11.8 Å². The van der Waals surface area contributed by atoms with Gasteiger partial charge in [-0.1, -0.05) is 29.8 Å². The first-order valence-corrected chi connectivity index (χ1v) is 7.45. The van der Waals surface area contributed by atoms with Crippen LogP contribution in [0.25, 0.3) is 0 Å². The minimum atomic E-state index is 1.05. The molecule has 1 aromatic carbocycles. The average molecular weight is 257 g/mol. The van der Waals surface area contributed by atoms with Crippen LogP contribution < -0.4 is 0 Å². The Balaban J connectivity index is 1.80. The molecule has 2 aromatic rings. The predicted octanol–water partition coefficient (Wildman–Crippen LogP) is 4.17. The lowest BCUT2D eigenvalue weighted by Crippen LogP contribution is -1.93. The molecule has 0 amide bonds. The Kier molecular flexibility index (Phi) is 4.82. The molecule has 1 aromatic heterocycles. The summed E-state index contributed by atoms with van der Waals surface area (Å²) in [4.78, 5) is 4.34. The average Bonchev–Trinajstić information content (AvgIpc) is 2.40. The van der Waals surface area contributed by atoms with E-state index in [2.05, 4.69) is 49.2 Å². The third-order valence-electron chi connectivity index (χ3n) is 2.99. The summed E-state index contributed by atoms with van der Waals surface area (Å²) in [7, 11) is 0. The first-order valence-electron chi connectivity index (χ1n) is 6.29. The quantitative estimate of drug-likeness (QED) is 0.745. The summed E-state index contributed by atoms with van der Waals surface area (Å²) in [5.41, 5.74) is 5.39. The molecule has 0 aliphatic carbocycles. The molecule has 18 heavy (non-hydrogen) atoms. The zero-order valence-electron chi connectivity index (χ0n) is 11.0. The standard InChI is InChI=1S/C16H19NS/c1-13-6-7-14(2)15(11-13)12-18-10-8-16-5-3-4-9-17-16/h3-7,9,11H,8,10,12H2,1-2H3. The molecule has 2 rings (SSSR count). The lowest BCUT2D eigenvalue weighted by Gasteiger charge is -2.07. The number of hydrogen-bond donors (Lipinski definition) is 0. The maximum atomic E-state index is 4.34. The number of hydrogen-bond acceptors (Lipinski definition) is 2. The summed E-state index contributed by atoms with van der Waals surface area (Å²) in [6, 6.07) is 12.8. The molecule has 0 atom stereocenters. The Morgan fingerprint density at radius 1 is 1.11 bits per heavy atom. The number of rotatable bonds is 5. The van der Waals surface area contributed by atoms with Crippen LogP contribution in [0, 0.1) is 13.8 Å². The molecule has 0 fully saturated rings. The fourth-order valence-corrected chi connectivity index (χ4v) is 2.89. The van der Waals surface area contributed by atoms with Crippen LogP contribution in [0.4, 0.5) is 0 Å². The van der Waals surface area contributed by atoms with E-state index in [4.69, 9.17) is 0 Å². The smallest absolute Gasteiger partial charge is 0.0411 e. The third kappa shape index (κ3) is 3.88. The number of nitrogens with zero attached hydrogens (tertiary/aromatic N) is 1. The maximum Gasteiger partial charge on any atom is 0.0411 e. The van der Waals surface area contributed by atoms with Crippen molar-refractivity contribution in [2.24, 2.45) is 0 Å². The molecule has 0 bridgehead atoms. The Labute approximate surface area is 114 Å². The van der Waals surface area contributed by atoms with E-state index in [1.165, 1.54) is 22.4 Å². The number of benzene rings is 1. The highest BCUT2D eigenvalue weighted by Gasteiger charge is 2.00. The van der Waals surface area contributed by atoms with Crippen LogP contribution in [0.15, 0.2) is 42.6 Å². The van der Waals surface area contributed by atoms with Crippen molar-refractivity contribution in [3.05, 3.63) is 65.0 Å². The molecule has 0 spiro atoms. The minimum absolute atomic E-state index is 1.05. The number of pyridine rings is 1. The van der Waals surface area contributed by atoms with Crippen molar-refractivity contribution in [2.45, 2.75) is 26.0 Å². The van der Waals surface area contributed by atoms with E-state index in [1.54, 1.807) is 0 Å². The first-order chi connectivity index (χ1) is 8.75. The highest BCUT2D eigenvalue weighted by Crippen LogP contribution is 2.18. The largest absolute Gasteiger partial charge is 0.261 e. The molecule has 0 aliphatic rings. The molecule has 94 valence electrons. The van der Waals surface area contributed by atoms with Crippen molar-refractivity contribution in [3.8, 4) is 0 Å². The Hall–Kier alpha value is -1.28. The van der Waals surface area contributed by atoms with Crippen LogP contribution in [0.3, 0.4) is 0 Å². The van der Waals surface area contributed by atoms with Gasteiger partial charge in [0.15, 0.2) is 0 Å². The van der Waals surface area contributed by atoms with Crippen LogP contribution in [-0.4, -0.2) is 10.7 Å². The summed E-state index contributed by atoms with van der Waals surface area (Å²) in [6.45, 7) is 4.34. The zero-order chi connectivity index (χ0) is 12.8. The molecule has 0 saturated heterocycles. The van der Waals surface area contributed by atoms with Crippen molar-refractivity contribution in [1.29, 1.82) is 0 Å². The topological polar surface area (TPSA) is 12.9 Å². The van der Waals surface area contributed by atoms with Gasteiger partial charge in [0.1, 0.15) is 0 Å². The molecule has 1 heterocycles. The SMILES string of the molecule is Cc1ccc(C)c(CSCCc2ccccn2)c1. The van der Waals surface area contributed by atoms with Gasteiger partial charge >= 0.3 is 0 Å². The van der Waals surface area contributed by atoms with Gasteiger partial charge in [0, 0.05) is 17.6 Å². The fourth-order valence-electron chi connectivity index (χ4n) is 1.86. The van der Waals surface area contributed by atoms with Gasteiger partial charge in [-0.15, -0.1) is 0 Å². The van der Waals surface area contributed by atoms with Crippen LogP contribution in [0.2, 0.25) is 0 Å². The van der Waals surface area contributed by atoms with Gasteiger partial charge in [0.2, 0.25) is 0 Å². The van der Waals surface area contributed by atoms with E-state index >= 15 is 0 Å². The Morgan fingerprint density at radius 2 is 2.00 bits per heavy atom. The molecule has 0 aliphatic heterocycles. The second-order valence-corrected chi connectivity index (χ2v) is 5.66. The normalized spacial score (nSPS) is 10.6. The lowest BCUT2D eigenvalue weighted by molar-refractivity contribution is 1.05. The molecule has 1 nitrogen and oxygen atoms in total. The van der Waals surface area contributed by atoms with Crippen molar-refractivity contribution < 1.29 is 0 Å².